The van der Waals surface area contributed by atoms with Crippen molar-refractivity contribution in [2.45, 2.75) is 26.8 Å². The van der Waals surface area contributed by atoms with Gasteiger partial charge in [0.1, 0.15) is 5.82 Å². The molecule has 0 aliphatic carbocycles. The van der Waals surface area contributed by atoms with Gasteiger partial charge in [0.15, 0.2) is 5.82 Å². The number of benzene rings is 2. The van der Waals surface area contributed by atoms with Crippen molar-refractivity contribution in [1.29, 1.82) is 0 Å². The Hall–Kier alpha value is -4.30. The van der Waals surface area contributed by atoms with Crippen LogP contribution in [0.3, 0.4) is 0 Å². The number of nitrogens with two attached hydrogens (primary N) is 1. The third-order valence-corrected chi connectivity index (χ3v) is 7.09. The van der Waals surface area contributed by atoms with Gasteiger partial charge in [0.05, 0.1) is 30.3 Å². The Kier molecular flexibility index (Phi) is 8.07. The fourth-order valence-corrected chi connectivity index (χ4v) is 5.02. The first-order chi connectivity index (χ1) is 19.4. The van der Waals surface area contributed by atoms with Crippen molar-refractivity contribution in [3.63, 3.8) is 0 Å². The van der Waals surface area contributed by atoms with Crippen molar-refractivity contribution in [2.24, 2.45) is 23.7 Å². The molecule has 1 atom stereocenters. The minimum Gasteiger partial charge on any atom is -0.404 e. The summed E-state index contributed by atoms with van der Waals surface area (Å²) in [5.41, 5.74) is 11.3. The number of hydrogen-bond acceptors (Lipinski definition) is 7. The Morgan fingerprint density at radius 3 is 2.67 bits per heavy atom. The van der Waals surface area contributed by atoms with Crippen LogP contribution >= 0.6 is 0 Å². The van der Waals surface area contributed by atoms with Crippen molar-refractivity contribution in [1.82, 2.24) is 14.5 Å². The van der Waals surface area contributed by atoms with Gasteiger partial charge in [-0.2, -0.15) is 0 Å². The van der Waals surface area contributed by atoms with Crippen LogP contribution in [0, 0.1) is 12.8 Å². The summed E-state index contributed by atoms with van der Waals surface area (Å²) in [5, 5.41) is 0.922. The molecule has 1 fully saturated rings. The van der Waals surface area contributed by atoms with Crippen LogP contribution in [0.5, 0.6) is 0 Å². The molecule has 2 aromatic carbocycles. The molecule has 0 bridgehead atoms. The van der Waals surface area contributed by atoms with Crippen LogP contribution in [-0.4, -0.2) is 47.1 Å². The summed E-state index contributed by atoms with van der Waals surface area (Å²) in [6, 6.07) is 18.4. The number of hydrogen-bond donors (Lipinski definition) is 1. The quantitative estimate of drug-likeness (QED) is 0.337. The maximum absolute atomic E-state index is 12.3. The number of morpholine rings is 1. The lowest BCUT2D eigenvalue weighted by Gasteiger charge is -2.37. The van der Waals surface area contributed by atoms with Gasteiger partial charge in [0.25, 0.3) is 5.56 Å². The molecular weight excluding hydrogens is 500 g/mol. The summed E-state index contributed by atoms with van der Waals surface area (Å²) in [5.74, 6) is 1.78. The molecule has 0 radical (unpaired) electrons. The number of aromatic nitrogens is 3. The maximum atomic E-state index is 12.3. The Balaban J connectivity index is 1.70. The topological polar surface area (TPSA) is 98.6 Å². The standard InChI is InChI=1S/C32H36N6O2/c1-21(2)17-34-18-26(16-33)30-35-28-11-10-24(25-14-22(3)32(39)37(4)19-25)15-27(28)31(36-30)38-12-13-40-20-29(38)23-8-6-5-7-9-23/h5-11,14-16,18-19,21,29H,12-13,17,20,33H2,1-4H3/b26-16+,34-18?. The SMILES string of the molecule is Cc1cc(-c2ccc3nc(/C(C=NCC(C)C)=C/N)nc(N4CCOCC4c4ccccc4)c3c2)cn(C)c1=O. The van der Waals surface area contributed by atoms with Crippen molar-refractivity contribution in [3.05, 3.63) is 94.3 Å². The van der Waals surface area contributed by atoms with E-state index in [2.05, 4.69) is 41.9 Å². The first kappa shape index (κ1) is 27.3. The van der Waals surface area contributed by atoms with Gasteiger partial charge in [-0.15, -0.1) is 0 Å². The molecule has 2 aromatic heterocycles. The maximum Gasteiger partial charge on any atom is 0.253 e. The van der Waals surface area contributed by atoms with Crippen molar-refractivity contribution in [3.8, 4) is 11.1 Å². The summed E-state index contributed by atoms with van der Waals surface area (Å²) in [4.78, 5) is 29.2. The van der Waals surface area contributed by atoms with Crippen LogP contribution < -0.4 is 16.2 Å². The molecule has 0 amide bonds. The van der Waals surface area contributed by atoms with E-state index >= 15 is 0 Å². The zero-order valence-corrected chi connectivity index (χ0v) is 23.5. The van der Waals surface area contributed by atoms with Crippen molar-refractivity contribution < 1.29 is 4.74 Å². The average Bonchev–Trinajstić information content (AvgIpc) is 2.97. The van der Waals surface area contributed by atoms with E-state index in [-0.39, 0.29) is 11.6 Å². The number of fused-ring (bicyclic) bond motifs is 1. The first-order valence-corrected chi connectivity index (χ1v) is 13.7. The van der Waals surface area contributed by atoms with Gasteiger partial charge in [-0.05, 0) is 47.7 Å². The molecule has 5 rings (SSSR count). The molecule has 4 aromatic rings. The Labute approximate surface area is 234 Å². The number of pyridine rings is 1. The predicted octanol–water partition coefficient (Wildman–Crippen LogP) is 4.91. The van der Waals surface area contributed by atoms with Crippen molar-refractivity contribution in [2.75, 3.05) is 31.2 Å². The molecule has 1 unspecified atom stereocenters. The highest BCUT2D eigenvalue weighted by atomic mass is 16.5. The molecular formula is C32H36N6O2. The van der Waals surface area contributed by atoms with Gasteiger partial charge < -0.3 is 19.9 Å². The number of rotatable bonds is 7. The first-order valence-electron chi connectivity index (χ1n) is 13.7. The van der Waals surface area contributed by atoms with Crippen LogP contribution in [-0.2, 0) is 11.8 Å². The van der Waals surface area contributed by atoms with Crippen LogP contribution in [0.2, 0.25) is 0 Å². The van der Waals surface area contributed by atoms with Gasteiger partial charge >= 0.3 is 0 Å². The normalized spacial score (nSPS) is 16.4. The highest BCUT2D eigenvalue weighted by Gasteiger charge is 2.28. The van der Waals surface area contributed by atoms with E-state index in [0.717, 1.165) is 33.4 Å². The summed E-state index contributed by atoms with van der Waals surface area (Å²) in [7, 11) is 1.78. The van der Waals surface area contributed by atoms with Gasteiger partial charge in [0.2, 0.25) is 0 Å². The predicted molar refractivity (Wildman–Crippen MR) is 163 cm³/mol. The molecule has 3 heterocycles. The third-order valence-electron chi connectivity index (χ3n) is 7.09. The van der Waals surface area contributed by atoms with E-state index in [1.165, 1.54) is 6.20 Å². The highest BCUT2D eigenvalue weighted by Crippen LogP contribution is 2.35. The van der Waals surface area contributed by atoms with Crippen LogP contribution in [0.4, 0.5) is 5.82 Å². The zero-order chi connectivity index (χ0) is 28.2. The van der Waals surface area contributed by atoms with E-state index in [1.54, 1.807) is 17.8 Å². The summed E-state index contributed by atoms with van der Waals surface area (Å²) in [6.45, 7) is 8.61. The monoisotopic (exact) mass is 536 g/mol. The van der Waals surface area contributed by atoms with Crippen LogP contribution in [0.1, 0.15) is 36.8 Å². The molecule has 8 nitrogen and oxygen atoms in total. The van der Waals surface area contributed by atoms with Crippen molar-refractivity contribution >= 4 is 28.5 Å². The molecule has 0 spiro atoms. The summed E-state index contributed by atoms with van der Waals surface area (Å²) < 4.78 is 7.56. The number of aliphatic imine (C=N–C) groups is 1. The Morgan fingerprint density at radius 2 is 1.95 bits per heavy atom. The number of nitrogens with zero attached hydrogens (tertiary/aromatic N) is 5. The van der Waals surface area contributed by atoms with E-state index < -0.39 is 0 Å². The fourth-order valence-electron chi connectivity index (χ4n) is 5.02. The second kappa shape index (κ2) is 11.8. The molecule has 1 saturated heterocycles. The molecule has 1 aliphatic rings. The van der Waals surface area contributed by atoms with E-state index in [0.29, 0.717) is 49.2 Å². The van der Waals surface area contributed by atoms with E-state index in [9.17, 15) is 4.79 Å². The third kappa shape index (κ3) is 5.67. The number of anilines is 1. The zero-order valence-electron chi connectivity index (χ0n) is 23.5. The van der Waals surface area contributed by atoms with E-state index in [1.807, 2.05) is 49.5 Å². The fraction of sp³-hybridized carbons (Fsp3) is 0.312. The molecule has 40 heavy (non-hydrogen) atoms. The lowest BCUT2D eigenvalue weighted by atomic mass is 10.0. The number of allylic oxidation sites excluding steroid dienone is 1. The minimum atomic E-state index is -0.00994. The van der Waals surface area contributed by atoms with Gasteiger partial charge in [-0.25, -0.2) is 9.97 Å². The average molecular weight is 537 g/mol. The van der Waals surface area contributed by atoms with Gasteiger partial charge in [-0.1, -0.05) is 50.2 Å². The smallest absolute Gasteiger partial charge is 0.253 e. The minimum absolute atomic E-state index is 0.00236. The largest absolute Gasteiger partial charge is 0.404 e. The molecule has 206 valence electrons. The summed E-state index contributed by atoms with van der Waals surface area (Å²) >= 11 is 0. The van der Waals surface area contributed by atoms with Crippen LogP contribution in [0.15, 0.2) is 76.8 Å². The highest BCUT2D eigenvalue weighted by molar-refractivity contribution is 6.09. The van der Waals surface area contributed by atoms with Gasteiger partial charge in [0, 0.05) is 49.7 Å². The molecule has 1 aliphatic heterocycles. The van der Waals surface area contributed by atoms with Gasteiger partial charge in [-0.3, -0.25) is 9.79 Å². The van der Waals surface area contributed by atoms with E-state index in [4.69, 9.17) is 20.4 Å². The second-order valence-electron chi connectivity index (χ2n) is 10.6. The second-order valence-corrected chi connectivity index (χ2v) is 10.6. The molecule has 8 heteroatoms. The lowest BCUT2D eigenvalue weighted by molar-refractivity contribution is 0.0939. The lowest BCUT2D eigenvalue weighted by Crippen LogP contribution is -2.40. The number of aryl methyl sites for hydroxylation is 2. The number of ether oxygens (including phenoxy) is 1. The molecule has 2 N–H and O–H groups in total. The Morgan fingerprint density at radius 1 is 1.15 bits per heavy atom. The summed E-state index contributed by atoms with van der Waals surface area (Å²) in [6.07, 6.45) is 5.15. The molecule has 0 saturated carbocycles. The Bertz CT molecular complexity index is 1600. The van der Waals surface area contributed by atoms with Crippen LogP contribution in [0.25, 0.3) is 27.6 Å².